The third-order valence-corrected chi connectivity index (χ3v) is 5.01. The molecule has 0 aliphatic heterocycles. The second-order valence-electron chi connectivity index (χ2n) is 5.81. The second kappa shape index (κ2) is 6.27. The Morgan fingerprint density at radius 2 is 1.95 bits per heavy atom. The van der Waals surface area contributed by atoms with Crippen molar-refractivity contribution < 1.29 is 4.74 Å². The van der Waals surface area contributed by atoms with Crippen LogP contribution in [0.1, 0.15) is 49.9 Å². The van der Waals surface area contributed by atoms with Gasteiger partial charge in [-0.2, -0.15) is 0 Å². The van der Waals surface area contributed by atoms with Crippen LogP contribution >= 0.6 is 15.9 Å². The highest BCUT2D eigenvalue weighted by atomic mass is 79.9. The first-order valence-corrected chi connectivity index (χ1v) is 7.60. The number of benzene rings is 1. The maximum absolute atomic E-state index is 5.67. The van der Waals surface area contributed by atoms with Crippen LogP contribution in [0, 0.1) is 19.3 Å². The van der Waals surface area contributed by atoms with E-state index in [9.17, 15) is 0 Å². The number of ether oxygens (including phenoxy) is 1. The molecule has 0 saturated heterocycles. The van der Waals surface area contributed by atoms with Crippen molar-refractivity contribution in [2.75, 3.05) is 14.2 Å². The molecule has 0 spiro atoms. The number of hydrogen-bond acceptors (Lipinski definition) is 2. The van der Waals surface area contributed by atoms with Crippen molar-refractivity contribution in [3.8, 4) is 5.75 Å². The number of aryl methyl sites for hydroxylation is 1. The van der Waals surface area contributed by atoms with Crippen molar-refractivity contribution >= 4 is 15.9 Å². The molecule has 0 heterocycles. The molecule has 1 unspecified atom stereocenters. The first-order valence-electron chi connectivity index (χ1n) is 6.81. The molecule has 1 N–H and O–H groups in total. The van der Waals surface area contributed by atoms with E-state index in [1.807, 2.05) is 7.05 Å². The number of halogens is 1. The number of rotatable bonds is 5. The van der Waals surface area contributed by atoms with Crippen molar-refractivity contribution in [2.45, 2.75) is 47.1 Å². The Bertz CT molecular complexity index is 455. The van der Waals surface area contributed by atoms with Crippen molar-refractivity contribution in [2.24, 2.45) is 5.41 Å². The molecule has 0 radical (unpaired) electrons. The molecule has 0 aromatic heterocycles. The van der Waals surface area contributed by atoms with Crippen LogP contribution in [0.4, 0.5) is 0 Å². The third-order valence-electron chi connectivity index (χ3n) is 4.18. The van der Waals surface area contributed by atoms with Crippen LogP contribution in [0.5, 0.6) is 5.75 Å². The highest BCUT2D eigenvalue weighted by Gasteiger charge is 2.32. The predicted molar refractivity (Wildman–Crippen MR) is 86.0 cm³/mol. The van der Waals surface area contributed by atoms with Crippen LogP contribution in [0.3, 0.4) is 0 Å². The summed E-state index contributed by atoms with van der Waals surface area (Å²) in [5.74, 6) is 1.00. The van der Waals surface area contributed by atoms with Gasteiger partial charge in [-0.3, -0.25) is 0 Å². The Morgan fingerprint density at radius 1 is 1.37 bits per heavy atom. The summed E-state index contributed by atoms with van der Waals surface area (Å²) in [5.41, 5.74) is 3.86. The van der Waals surface area contributed by atoms with Crippen molar-refractivity contribution in [3.05, 3.63) is 27.2 Å². The Morgan fingerprint density at radius 3 is 2.37 bits per heavy atom. The molecular weight excluding hydrogens is 302 g/mol. The molecule has 108 valence electrons. The monoisotopic (exact) mass is 327 g/mol. The molecule has 0 fully saturated rings. The standard InChI is InChI=1S/C16H26BrNO/c1-8-16(4,5)15(18-6)13-11(3)12(17)9-10(2)14(13)19-7/h9,15,18H,8H2,1-7H3. The molecule has 1 aromatic rings. The molecular formula is C16H26BrNO. The van der Waals surface area contributed by atoms with E-state index in [0.717, 1.165) is 16.6 Å². The summed E-state index contributed by atoms with van der Waals surface area (Å²) >= 11 is 3.66. The van der Waals surface area contributed by atoms with Gasteiger partial charge in [0.15, 0.2) is 0 Å². The smallest absolute Gasteiger partial charge is 0.126 e. The van der Waals surface area contributed by atoms with E-state index < -0.39 is 0 Å². The van der Waals surface area contributed by atoms with Crippen LogP contribution in [0.15, 0.2) is 10.5 Å². The maximum Gasteiger partial charge on any atom is 0.126 e. The summed E-state index contributed by atoms with van der Waals surface area (Å²) in [7, 11) is 3.78. The van der Waals surface area contributed by atoms with Crippen LogP contribution in [-0.2, 0) is 0 Å². The number of hydrogen-bond donors (Lipinski definition) is 1. The lowest BCUT2D eigenvalue weighted by atomic mass is 9.76. The molecule has 0 aliphatic rings. The number of methoxy groups -OCH3 is 1. The largest absolute Gasteiger partial charge is 0.496 e. The van der Waals surface area contributed by atoms with E-state index in [2.05, 4.69) is 61.9 Å². The highest BCUT2D eigenvalue weighted by Crippen LogP contribution is 2.44. The van der Waals surface area contributed by atoms with Gasteiger partial charge in [0, 0.05) is 16.1 Å². The Labute approximate surface area is 126 Å². The van der Waals surface area contributed by atoms with Crippen LogP contribution in [-0.4, -0.2) is 14.2 Å². The SMILES string of the molecule is CCC(C)(C)C(NC)c1c(C)c(Br)cc(C)c1OC. The van der Waals surface area contributed by atoms with Gasteiger partial charge >= 0.3 is 0 Å². The van der Waals surface area contributed by atoms with Gasteiger partial charge in [-0.05, 0) is 49.9 Å². The van der Waals surface area contributed by atoms with Crippen molar-refractivity contribution in [3.63, 3.8) is 0 Å². The van der Waals surface area contributed by atoms with Gasteiger partial charge in [0.25, 0.3) is 0 Å². The van der Waals surface area contributed by atoms with Gasteiger partial charge < -0.3 is 10.1 Å². The van der Waals surface area contributed by atoms with Crippen LogP contribution < -0.4 is 10.1 Å². The lowest BCUT2D eigenvalue weighted by Crippen LogP contribution is -2.32. The fraction of sp³-hybridized carbons (Fsp3) is 0.625. The van der Waals surface area contributed by atoms with E-state index in [0.29, 0.717) is 0 Å². The van der Waals surface area contributed by atoms with Crippen LogP contribution in [0.25, 0.3) is 0 Å². The van der Waals surface area contributed by atoms with Gasteiger partial charge in [0.05, 0.1) is 7.11 Å². The minimum atomic E-state index is 0.167. The van der Waals surface area contributed by atoms with E-state index in [1.165, 1.54) is 16.7 Å². The van der Waals surface area contributed by atoms with E-state index in [1.54, 1.807) is 7.11 Å². The molecule has 0 amide bonds. The van der Waals surface area contributed by atoms with Gasteiger partial charge in [-0.15, -0.1) is 0 Å². The molecule has 1 rings (SSSR count). The Balaban J connectivity index is 3.54. The molecule has 19 heavy (non-hydrogen) atoms. The average Bonchev–Trinajstić information content (AvgIpc) is 2.36. The van der Waals surface area contributed by atoms with Crippen molar-refractivity contribution in [1.29, 1.82) is 0 Å². The lowest BCUT2D eigenvalue weighted by molar-refractivity contribution is 0.238. The number of nitrogens with one attached hydrogen (secondary N) is 1. The van der Waals surface area contributed by atoms with Crippen LogP contribution in [0.2, 0.25) is 0 Å². The Hall–Kier alpha value is -0.540. The summed E-state index contributed by atoms with van der Waals surface area (Å²) in [6, 6.07) is 2.40. The maximum atomic E-state index is 5.67. The summed E-state index contributed by atoms with van der Waals surface area (Å²) in [6.45, 7) is 11.1. The van der Waals surface area contributed by atoms with E-state index in [4.69, 9.17) is 4.74 Å². The average molecular weight is 328 g/mol. The van der Waals surface area contributed by atoms with Gasteiger partial charge in [0.1, 0.15) is 5.75 Å². The molecule has 1 atom stereocenters. The normalized spacial score (nSPS) is 13.5. The molecule has 1 aromatic carbocycles. The second-order valence-corrected chi connectivity index (χ2v) is 6.67. The zero-order valence-electron chi connectivity index (χ0n) is 13.1. The molecule has 3 heteroatoms. The Kier molecular flexibility index (Phi) is 5.45. The molecule has 0 bridgehead atoms. The first kappa shape index (κ1) is 16.5. The molecule has 0 saturated carbocycles. The third kappa shape index (κ3) is 3.14. The fourth-order valence-electron chi connectivity index (χ4n) is 2.62. The minimum Gasteiger partial charge on any atom is -0.496 e. The van der Waals surface area contributed by atoms with Crippen molar-refractivity contribution in [1.82, 2.24) is 5.32 Å². The summed E-state index contributed by atoms with van der Waals surface area (Å²) in [5, 5.41) is 3.48. The lowest BCUT2D eigenvalue weighted by Gasteiger charge is -2.36. The van der Waals surface area contributed by atoms with Gasteiger partial charge in [0.2, 0.25) is 0 Å². The van der Waals surface area contributed by atoms with Gasteiger partial charge in [-0.25, -0.2) is 0 Å². The summed E-state index contributed by atoms with van der Waals surface area (Å²) in [6.07, 6.45) is 1.10. The van der Waals surface area contributed by atoms with Gasteiger partial charge in [-0.1, -0.05) is 36.7 Å². The first-order chi connectivity index (χ1) is 8.80. The predicted octanol–water partition coefficient (Wildman–Crippen LogP) is 4.77. The highest BCUT2D eigenvalue weighted by molar-refractivity contribution is 9.10. The summed E-state index contributed by atoms with van der Waals surface area (Å²) < 4.78 is 6.82. The quantitative estimate of drug-likeness (QED) is 0.840. The zero-order chi connectivity index (χ0) is 14.8. The zero-order valence-corrected chi connectivity index (χ0v) is 14.7. The topological polar surface area (TPSA) is 21.3 Å². The molecule has 2 nitrogen and oxygen atoms in total. The fourth-order valence-corrected chi connectivity index (χ4v) is 3.18. The minimum absolute atomic E-state index is 0.167. The summed E-state index contributed by atoms with van der Waals surface area (Å²) in [4.78, 5) is 0. The van der Waals surface area contributed by atoms with E-state index in [-0.39, 0.29) is 11.5 Å². The van der Waals surface area contributed by atoms with E-state index >= 15 is 0 Å². The molecule has 0 aliphatic carbocycles.